The first kappa shape index (κ1) is 15.3. The Balaban J connectivity index is 2.23. The van der Waals surface area contributed by atoms with E-state index in [1.165, 1.54) is 43.4 Å². The Labute approximate surface area is 123 Å². The van der Waals surface area contributed by atoms with Crippen molar-refractivity contribution in [3.8, 4) is 0 Å². The highest BCUT2D eigenvalue weighted by Crippen LogP contribution is 2.29. The van der Waals surface area contributed by atoms with Crippen LogP contribution in [0.4, 0.5) is 5.69 Å². The predicted octanol–water partition coefficient (Wildman–Crippen LogP) is 3.66. The van der Waals surface area contributed by atoms with Crippen molar-refractivity contribution >= 4 is 5.69 Å². The van der Waals surface area contributed by atoms with E-state index in [9.17, 15) is 0 Å². The van der Waals surface area contributed by atoms with E-state index in [1.807, 2.05) is 0 Å². The van der Waals surface area contributed by atoms with Crippen LogP contribution in [0.15, 0.2) is 12.3 Å². The molecule has 0 unspecified atom stereocenters. The van der Waals surface area contributed by atoms with E-state index >= 15 is 0 Å². The molecule has 0 amide bonds. The molecule has 0 saturated heterocycles. The second-order valence-corrected chi connectivity index (χ2v) is 5.81. The van der Waals surface area contributed by atoms with Gasteiger partial charge in [-0.2, -0.15) is 0 Å². The summed E-state index contributed by atoms with van der Waals surface area (Å²) < 4.78 is 0. The first-order chi connectivity index (χ1) is 9.76. The highest BCUT2D eigenvalue weighted by molar-refractivity contribution is 5.54. The summed E-state index contributed by atoms with van der Waals surface area (Å²) in [6.45, 7) is 9.54. The lowest BCUT2D eigenvalue weighted by molar-refractivity contribution is 0.417. The molecule has 0 radical (unpaired) electrons. The van der Waals surface area contributed by atoms with Crippen molar-refractivity contribution in [2.45, 2.75) is 65.5 Å². The Bertz CT molecular complexity index is 411. The van der Waals surface area contributed by atoms with Gasteiger partial charge in [-0.25, -0.2) is 0 Å². The van der Waals surface area contributed by atoms with Gasteiger partial charge in [0.1, 0.15) is 0 Å². The zero-order valence-corrected chi connectivity index (χ0v) is 13.3. The normalized spacial score (nSPS) is 16.4. The predicted molar refractivity (Wildman–Crippen MR) is 86.2 cm³/mol. The number of hydrogen-bond acceptors (Lipinski definition) is 3. The summed E-state index contributed by atoms with van der Waals surface area (Å²) in [5.41, 5.74) is 3.85. The Hall–Kier alpha value is -1.09. The van der Waals surface area contributed by atoms with Crippen molar-refractivity contribution in [1.82, 2.24) is 10.3 Å². The van der Waals surface area contributed by atoms with Crippen LogP contribution in [0.5, 0.6) is 0 Å². The van der Waals surface area contributed by atoms with Gasteiger partial charge in [-0.1, -0.05) is 26.2 Å². The molecule has 1 fully saturated rings. The maximum atomic E-state index is 4.49. The number of rotatable bonds is 6. The zero-order chi connectivity index (χ0) is 14.4. The highest BCUT2D eigenvalue weighted by atomic mass is 15.2. The average molecular weight is 275 g/mol. The Kier molecular flexibility index (Phi) is 5.84. The van der Waals surface area contributed by atoms with Crippen LogP contribution >= 0.6 is 0 Å². The maximum Gasteiger partial charge on any atom is 0.0447 e. The molecule has 0 spiro atoms. The molecule has 1 saturated carbocycles. The molecule has 1 N–H and O–H groups in total. The molecule has 1 heterocycles. The molecule has 112 valence electrons. The minimum Gasteiger partial charge on any atom is -0.368 e. The first-order valence-corrected chi connectivity index (χ1v) is 8.19. The molecule has 1 aromatic rings. The molecule has 0 aliphatic heterocycles. The topological polar surface area (TPSA) is 28.2 Å². The van der Waals surface area contributed by atoms with E-state index in [4.69, 9.17) is 0 Å². The van der Waals surface area contributed by atoms with Crippen molar-refractivity contribution in [3.05, 3.63) is 23.5 Å². The summed E-state index contributed by atoms with van der Waals surface area (Å²) >= 11 is 0. The second-order valence-electron chi connectivity index (χ2n) is 5.81. The molecular formula is C17H29N3. The van der Waals surface area contributed by atoms with Crippen molar-refractivity contribution in [2.75, 3.05) is 18.0 Å². The largest absolute Gasteiger partial charge is 0.368 e. The number of pyridine rings is 1. The third-order valence-electron chi connectivity index (χ3n) is 4.33. The van der Waals surface area contributed by atoms with E-state index in [2.05, 4.69) is 48.2 Å². The van der Waals surface area contributed by atoms with Gasteiger partial charge in [0, 0.05) is 42.3 Å². The van der Waals surface area contributed by atoms with E-state index in [-0.39, 0.29) is 0 Å². The van der Waals surface area contributed by atoms with Crippen molar-refractivity contribution in [3.63, 3.8) is 0 Å². The first-order valence-electron chi connectivity index (χ1n) is 8.19. The number of aromatic nitrogens is 1. The van der Waals surface area contributed by atoms with Gasteiger partial charge in [0.05, 0.1) is 0 Å². The third kappa shape index (κ3) is 3.72. The lowest BCUT2D eigenvalue weighted by atomic mass is 9.93. The van der Waals surface area contributed by atoms with Crippen LogP contribution in [-0.2, 0) is 6.54 Å². The molecule has 3 nitrogen and oxygen atoms in total. The van der Waals surface area contributed by atoms with Crippen LogP contribution in [0.3, 0.4) is 0 Å². The van der Waals surface area contributed by atoms with Crippen molar-refractivity contribution in [1.29, 1.82) is 0 Å². The number of hydrogen-bond donors (Lipinski definition) is 1. The second kappa shape index (κ2) is 7.63. The van der Waals surface area contributed by atoms with E-state index < -0.39 is 0 Å². The van der Waals surface area contributed by atoms with Gasteiger partial charge in [-0.05, 0) is 39.3 Å². The lowest BCUT2D eigenvalue weighted by Crippen LogP contribution is -2.37. The smallest absolute Gasteiger partial charge is 0.0447 e. The van der Waals surface area contributed by atoms with Crippen LogP contribution in [0.2, 0.25) is 0 Å². The third-order valence-corrected chi connectivity index (χ3v) is 4.33. The zero-order valence-electron chi connectivity index (χ0n) is 13.3. The molecule has 0 aromatic carbocycles. The van der Waals surface area contributed by atoms with Gasteiger partial charge in [0.25, 0.3) is 0 Å². The fourth-order valence-electron chi connectivity index (χ4n) is 3.25. The van der Waals surface area contributed by atoms with E-state index in [1.54, 1.807) is 0 Å². The number of nitrogens with one attached hydrogen (secondary N) is 1. The summed E-state index contributed by atoms with van der Waals surface area (Å²) in [6.07, 6.45) is 8.92. The number of aryl methyl sites for hydroxylation is 1. The maximum absolute atomic E-state index is 4.49. The summed E-state index contributed by atoms with van der Waals surface area (Å²) in [4.78, 5) is 7.10. The average Bonchev–Trinajstić information content (AvgIpc) is 2.48. The number of anilines is 1. The fourth-order valence-corrected chi connectivity index (χ4v) is 3.25. The Morgan fingerprint density at radius 3 is 2.65 bits per heavy atom. The minimum absolute atomic E-state index is 0.718. The van der Waals surface area contributed by atoms with Crippen LogP contribution in [0.1, 0.15) is 57.2 Å². The van der Waals surface area contributed by atoms with Gasteiger partial charge in [0.15, 0.2) is 0 Å². The SMILES string of the molecule is CCNCc1cnc(C)cc1N(CC)C1CCCCC1. The molecule has 1 aliphatic carbocycles. The Morgan fingerprint density at radius 2 is 2.00 bits per heavy atom. The van der Waals surface area contributed by atoms with Gasteiger partial charge in [0.2, 0.25) is 0 Å². The number of nitrogens with zero attached hydrogens (tertiary/aromatic N) is 2. The van der Waals surface area contributed by atoms with Gasteiger partial charge >= 0.3 is 0 Å². The van der Waals surface area contributed by atoms with E-state index in [0.717, 1.165) is 31.4 Å². The van der Waals surface area contributed by atoms with E-state index in [0.29, 0.717) is 0 Å². The minimum atomic E-state index is 0.718. The monoisotopic (exact) mass is 275 g/mol. The summed E-state index contributed by atoms with van der Waals surface area (Å²) in [6, 6.07) is 2.99. The fraction of sp³-hybridized carbons (Fsp3) is 0.706. The highest BCUT2D eigenvalue weighted by Gasteiger charge is 2.22. The van der Waals surface area contributed by atoms with Gasteiger partial charge in [-0.3, -0.25) is 4.98 Å². The molecule has 0 atom stereocenters. The Morgan fingerprint density at radius 1 is 1.25 bits per heavy atom. The molecule has 0 bridgehead atoms. The molecule has 20 heavy (non-hydrogen) atoms. The van der Waals surface area contributed by atoms with Gasteiger partial charge < -0.3 is 10.2 Å². The molecule has 1 aliphatic rings. The lowest BCUT2D eigenvalue weighted by Gasteiger charge is -2.36. The van der Waals surface area contributed by atoms with Crippen LogP contribution in [-0.4, -0.2) is 24.1 Å². The molecule has 3 heteroatoms. The van der Waals surface area contributed by atoms with Gasteiger partial charge in [-0.15, -0.1) is 0 Å². The molecule has 1 aromatic heterocycles. The quantitative estimate of drug-likeness (QED) is 0.859. The van der Waals surface area contributed by atoms with Crippen LogP contribution in [0.25, 0.3) is 0 Å². The summed E-state index contributed by atoms with van der Waals surface area (Å²) in [5.74, 6) is 0. The van der Waals surface area contributed by atoms with Crippen LogP contribution in [0, 0.1) is 6.92 Å². The molecule has 2 rings (SSSR count). The van der Waals surface area contributed by atoms with Crippen LogP contribution < -0.4 is 10.2 Å². The van der Waals surface area contributed by atoms with Crippen molar-refractivity contribution < 1.29 is 0 Å². The summed E-state index contributed by atoms with van der Waals surface area (Å²) in [7, 11) is 0. The summed E-state index contributed by atoms with van der Waals surface area (Å²) in [5, 5.41) is 3.44. The molecular weight excluding hydrogens is 246 g/mol. The standard InChI is InChI=1S/C17H29N3/c1-4-18-12-15-13-19-14(3)11-17(15)20(5-2)16-9-7-6-8-10-16/h11,13,16,18H,4-10,12H2,1-3H3. The van der Waals surface area contributed by atoms with Crippen molar-refractivity contribution in [2.24, 2.45) is 0 Å².